The van der Waals surface area contributed by atoms with Crippen LogP contribution >= 0.6 is 0 Å². The number of rotatable bonds is 2. The highest BCUT2D eigenvalue weighted by atomic mass is 14.0. The highest BCUT2D eigenvalue weighted by Gasteiger charge is 1.95. The van der Waals surface area contributed by atoms with Crippen LogP contribution in [0.3, 0.4) is 0 Å². The van der Waals surface area contributed by atoms with E-state index >= 15 is 0 Å². The van der Waals surface area contributed by atoms with Crippen LogP contribution in [0.2, 0.25) is 0 Å². The van der Waals surface area contributed by atoms with Gasteiger partial charge in [-0.05, 0) is 18.3 Å². The molecule has 0 amide bonds. The van der Waals surface area contributed by atoms with Gasteiger partial charge in [-0.15, -0.1) is 0 Å². The van der Waals surface area contributed by atoms with Gasteiger partial charge in [0.2, 0.25) is 0 Å². The molecule has 0 radical (unpaired) electrons. The molecule has 0 spiro atoms. The predicted molar refractivity (Wildman–Crippen MR) is 63.7 cm³/mol. The molecule has 0 N–H and O–H groups in total. The summed E-state index contributed by atoms with van der Waals surface area (Å²) in [4.78, 5) is 0. The zero-order valence-corrected chi connectivity index (χ0v) is 8.57. The van der Waals surface area contributed by atoms with E-state index < -0.39 is 0 Å². The molecule has 0 aromatic rings. The minimum atomic E-state index is 0. The minimum absolute atomic E-state index is 0. The van der Waals surface area contributed by atoms with Gasteiger partial charge in [-0.25, -0.2) is 0 Å². The van der Waals surface area contributed by atoms with Gasteiger partial charge in [-0.2, -0.15) is 0 Å². The molecule has 0 aliphatic heterocycles. The Morgan fingerprint density at radius 2 is 0.917 bits per heavy atom. The highest BCUT2D eigenvalue weighted by molar-refractivity contribution is 4.47. The smallest absolute Gasteiger partial charge is 0.0469 e. The Morgan fingerprint density at radius 3 is 0.917 bits per heavy atom. The summed E-state index contributed by atoms with van der Waals surface area (Å²) in [5.41, 5.74) is 0. The lowest BCUT2D eigenvalue weighted by molar-refractivity contribution is 0.469. The Morgan fingerprint density at radius 1 is 0.750 bits per heavy atom. The van der Waals surface area contributed by atoms with Gasteiger partial charge in [0, 0.05) is 0 Å². The van der Waals surface area contributed by atoms with Crippen LogP contribution in [-0.2, 0) is 0 Å². The second kappa shape index (κ2) is 17.2. The molecule has 0 aromatic heterocycles. The topological polar surface area (TPSA) is 0 Å². The number of hydrogen-bond donors (Lipinski definition) is 0. The lowest BCUT2D eigenvalue weighted by Crippen LogP contribution is -1.93. The molecule has 0 heterocycles. The Bertz CT molecular complexity index is 38.0. The molecule has 0 bridgehead atoms. The van der Waals surface area contributed by atoms with Crippen LogP contribution in [0, 0.1) is 11.8 Å². The largest absolute Gasteiger partial charge is 0.0776 e. The molecule has 0 aliphatic rings. The normalized spacial score (nSPS) is 8.00. The summed E-state index contributed by atoms with van der Waals surface area (Å²) in [6.45, 7) is 13.3. The maximum Gasteiger partial charge on any atom is -0.0469 e. The maximum atomic E-state index is 2.26. The first-order chi connectivity index (χ1) is 4.54. The number of hydrogen-bond acceptors (Lipinski definition) is 0. The van der Waals surface area contributed by atoms with Crippen molar-refractivity contribution in [2.45, 2.75) is 69.2 Å². The summed E-state index contributed by atoms with van der Waals surface area (Å²) < 4.78 is 0. The zero-order chi connectivity index (χ0) is 8.57. The molecule has 0 nitrogen and oxygen atoms in total. The first kappa shape index (κ1) is 22.7. The molecule has 12 heavy (non-hydrogen) atoms. The lowest BCUT2D eigenvalue weighted by Gasteiger charge is -2.05. The maximum absolute atomic E-state index is 2.26. The molecular weight excluding hydrogens is 144 g/mol. The van der Waals surface area contributed by atoms with E-state index in [-0.39, 0.29) is 14.9 Å². The van der Waals surface area contributed by atoms with Crippen molar-refractivity contribution in [3.8, 4) is 0 Å². The van der Waals surface area contributed by atoms with Crippen molar-refractivity contribution in [2.75, 3.05) is 0 Å². The van der Waals surface area contributed by atoms with Gasteiger partial charge in [-0.1, -0.05) is 62.8 Å². The molecule has 0 saturated carbocycles. The molecule has 0 unspecified atom stereocenters. The summed E-state index contributed by atoms with van der Waals surface area (Å²) in [7, 11) is 0. The van der Waals surface area contributed by atoms with Crippen LogP contribution < -0.4 is 0 Å². The second-order valence-corrected chi connectivity index (χ2v) is 3.73. The van der Waals surface area contributed by atoms with E-state index in [1.165, 1.54) is 12.8 Å². The first-order valence-corrected chi connectivity index (χ1v) is 4.54. The van der Waals surface area contributed by atoms with Crippen molar-refractivity contribution < 1.29 is 0 Å². The Hall–Kier alpha value is 0. The van der Waals surface area contributed by atoms with Gasteiger partial charge in [0.1, 0.15) is 0 Å². The van der Waals surface area contributed by atoms with E-state index in [2.05, 4.69) is 41.5 Å². The molecule has 0 rings (SSSR count). The molecule has 0 atom stereocenters. The average Bonchev–Trinajstić information content (AvgIpc) is 1.62. The van der Waals surface area contributed by atoms with Gasteiger partial charge < -0.3 is 0 Å². The van der Waals surface area contributed by atoms with Crippen LogP contribution in [-0.4, -0.2) is 0 Å². The quantitative estimate of drug-likeness (QED) is 0.530. The summed E-state index contributed by atoms with van der Waals surface area (Å²) in [5.74, 6) is 1.75. The van der Waals surface area contributed by atoms with Gasteiger partial charge >= 0.3 is 0 Å². The minimum Gasteiger partial charge on any atom is -0.0776 e. The summed E-state index contributed by atoms with van der Waals surface area (Å²) in [5, 5.41) is 0. The third-order valence-electron chi connectivity index (χ3n) is 0.943. The second-order valence-electron chi connectivity index (χ2n) is 3.73. The van der Waals surface area contributed by atoms with Crippen LogP contribution in [0.25, 0.3) is 0 Å². The monoisotopic (exact) mass is 176 g/mol. The van der Waals surface area contributed by atoms with E-state index in [4.69, 9.17) is 0 Å². The molecule has 0 saturated heterocycles. The highest BCUT2D eigenvalue weighted by Crippen LogP contribution is 2.08. The third kappa shape index (κ3) is 50.6. The molecular formula is C12H32. The molecule has 0 aromatic carbocycles. The first-order valence-electron chi connectivity index (χ1n) is 4.54. The van der Waals surface area contributed by atoms with Crippen LogP contribution in [0.5, 0.6) is 0 Å². The van der Waals surface area contributed by atoms with E-state index in [0.29, 0.717) is 0 Å². The van der Waals surface area contributed by atoms with Gasteiger partial charge in [0.05, 0.1) is 0 Å². The average molecular weight is 176 g/mol. The standard InChI is InChI=1S/C7H16.C3H8.2CH4/c1-6(2)5-7(3)4;1-3-2;;/h6-7H,5H2,1-4H3;3H2,1-2H3;2*1H4. The van der Waals surface area contributed by atoms with Crippen LogP contribution in [0.15, 0.2) is 0 Å². The Balaban J connectivity index is -0.0000000569. The lowest BCUT2D eigenvalue weighted by atomic mass is 10.0. The van der Waals surface area contributed by atoms with E-state index in [1.54, 1.807) is 0 Å². The van der Waals surface area contributed by atoms with Gasteiger partial charge in [0.25, 0.3) is 0 Å². The third-order valence-corrected chi connectivity index (χ3v) is 0.943. The fraction of sp³-hybridized carbons (Fsp3) is 1.00. The Kier molecular flexibility index (Phi) is 32.5. The fourth-order valence-corrected chi connectivity index (χ4v) is 0.943. The van der Waals surface area contributed by atoms with E-state index in [1.807, 2.05) is 0 Å². The molecule has 80 valence electrons. The fourth-order valence-electron chi connectivity index (χ4n) is 0.943. The van der Waals surface area contributed by atoms with E-state index in [9.17, 15) is 0 Å². The Labute approximate surface area is 81.8 Å². The van der Waals surface area contributed by atoms with Crippen LogP contribution in [0.4, 0.5) is 0 Å². The molecule has 0 aliphatic carbocycles. The van der Waals surface area contributed by atoms with Crippen LogP contribution in [0.1, 0.15) is 69.2 Å². The van der Waals surface area contributed by atoms with Gasteiger partial charge in [0.15, 0.2) is 0 Å². The van der Waals surface area contributed by atoms with Crippen molar-refractivity contribution in [2.24, 2.45) is 11.8 Å². The van der Waals surface area contributed by atoms with Crippen molar-refractivity contribution in [1.29, 1.82) is 0 Å². The van der Waals surface area contributed by atoms with E-state index in [0.717, 1.165) is 11.8 Å². The van der Waals surface area contributed by atoms with Crippen molar-refractivity contribution >= 4 is 0 Å². The zero-order valence-electron chi connectivity index (χ0n) is 8.57. The molecule has 0 fully saturated rings. The van der Waals surface area contributed by atoms with Crippen molar-refractivity contribution in [3.05, 3.63) is 0 Å². The SMILES string of the molecule is C.C.CC(C)CC(C)C.CCC. The van der Waals surface area contributed by atoms with Crippen molar-refractivity contribution in [3.63, 3.8) is 0 Å². The van der Waals surface area contributed by atoms with Gasteiger partial charge in [-0.3, -0.25) is 0 Å². The van der Waals surface area contributed by atoms with Crippen molar-refractivity contribution in [1.82, 2.24) is 0 Å². The predicted octanol–water partition coefficient (Wildman–Crippen LogP) is 5.38. The molecule has 0 heteroatoms. The summed E-state index contributed by atoms with van der Waals surface area (Å²) in [6.07, 6.45) is 2.61. The summed E-state index contributed by atoms with van der Waals surface area (Å²) in [6, 6.07) is 0. The summed E-state index contributed by atoms with van der Waals surface area (Å²) >= 11 is 0.